The van der Waals surface area contributed by atoms with Crippen LogP contribution in [-0.4, -0.2) is 30.4 Å². The molecule has 0 saturated heterocycles. The summed E-state index contributed by atoms with van der Waals surface area (Å²) in [5.74, 6) is -0.269. The van der Waals surface area contributed by atoms with Gasteiger partial charge in [0.1, 0.15) is 17.6 Å². The van der Waals surface area contributed by atoms with E-state index in [1.807, 2.05) is 6.07 Å². The highest BCUT2D eigenvalue weighted by Crippen LogP contribution is 2.49. The Kier molecular flexibility index (Phi) is 5.67. The first-order valence-corrected chi connectivity index (χ1v) is 12.5. The molecule has 0 spiro atoms. The number of aromatic carboxylic acids is 1. The van der Waals surface area contributed by atoms with Crippen LogP contribution in [0.4, 0.5) is 8.78 Å². The summed E-state index contributed by atoms with van der Waals surface area (Å²) in [6.45, 7) is 1.80. The zero-order valence-corrected chi connectivity index (χ0v) is 21.1. The van der Waals surface area contributed by atoms with Gasteiger partial charge >= 0.3 is 12.3 Å². The number of hydrogen-bond donors (Lipinski definition) is 2. The summed E-state index contributed by atoms with van der Waals surface area (Å²) in [5, 5.41) is 12.4. The molecule has 3 atom stereocenters. The molecule has 2 heterocycles. The number of carbonyl (C=O) groups is 2. The van der Waals surface area contributed by atoms with E-state index in [9.17, 15) is 23.5 Å². The van der Waals surface area contributed by atoms with Crippen molar-refractivity contribution in [3.63, 3.8) is 0 Å². The van der Waals surface area contributed by atoms with E-state index in [0.29, 0.717) is 36.3 Å². The summed E-state index contributed by atoms with van der Waals surface area (Å²) in [7, 11) is 1.55. The number of rotatable bonds is 5. The first-order valence-electron chi connectivity index (χ1n) is 12.5. The van der Waals surface area contributed by atoms with Gasteiger partial charge in [-0.15, -0.1) is 8.78 Å². The summed E-state index contributed by atoms with van der Waals surface area (Å²) in [6.07, 6.45) is -2.78. The van der Waals surface area contributed by atoms with Gasteiger partial charge in [0.05, 0.1) is 24.1 Å². The van der Waals surface area contributed by atoms with Crippen molar-refractivity contribution in [1.29, 1.82) is 0 Å². The van der Waals surface area contributed by atoms with Crippen molar-refractivity contribution in [1.82, 2.24) is 5.32 Å². The average Bonchev–Trinajstić information content (AvgIpc) is 3.41. The van der Waals surface area contributed by atoms with Crippen LogP contribution in [0.5, 0.6) is 23.0 Å². The number of benzene rings is 3. The number of hydrogen-bond acceptors (Lipinski definition) is 6. The van der Waals surface area contributed by atoms with Crippen LogP contribution in [-0.2, 0) is 16.6 Å². The standard InChI is InChI=1S/C29H25F2NO7/c1-28(10-9-17-11-24-25(13-20(17)28)39-29(30,31)38-24)27(35)32-21-14-22(15-3-5-16(6-4-15)26(33)34)37-23-12-18(36-2)7-8-19(21)23/h3-8,11-13,21-22H,9-10,14H2,1-2H3,(H,32,35)(H,33,34)/t21-,22-,28+/m1/s1. The maximum atomic E-state index is 13.9. The van der Waals surface area contributed by atoms with Crippen molar-refractivity contribution < 1.29 is 42.4 Å². The van der Waals surface area contributed by atoms with Gasteiger partial charge in [-0.05, 0) is 72.9 Å². The second-order valence-corrected chi connectivity index (χ2v) is 10.2. The normalized spacial score (nSPS) is 23.8. The van der Waals surface area contributed by atoms with Gasteiger partial charge in [-0.2, -0.15) is 0 Å². The number of amides is 1. The van der Waals surface area contributed by atoms with Crippen molar-refractivity contribution >= 4 is 11.9 Å². The fourth-order valence-electron chi connectivity index (χ4n) is 5.59. The summed E-state index contributed by atoms with van der Waals surface area (Å²) in [4.78, 5) is 25.1. The quantitative estimate of drug-likeness (QED) is 0.455. The van der Waals surface area contributed by atoms with Crippen molar-refractivity contribution in [3.05, 3.63) is 82.4 Å². The number of fused-ring (bicyclic) bond motifs is 3. The average molecular weight is 538 g/mol. The fraction of sp³-hybridized carbons (Fsp3) is 0.310. The molecular formula is C29H25F2NO7. The number of carboxylic acids is 1. The van der Waals surface area contributed by atoms with Crippen LogP contribution < -0.4 is 24.3 Å². The van der Waals surface area contributed by atoms with E-state index in [1.54, 1.807) is 38.3 Å². The number of halogens is 2. The Bertz CT molecular complexity index is 1490. The lowest BCUT2D eigenvalue weighted by molar-refractivity contribution is -0.286. The highest BCUT2D eigenvalue weighted by Gasteiger charge is 2.48. The zero-order valence-electron chi connectivity index (χ0n) is 21.1. The van der Waals surface area contributed by atoms with E-state index in [2.05, 4.69) is 14.8 Å². The Balaban J connectivity index is 1.30. The van der Waals surface area contributed by atoms with Crippen molar-refractivity contribution in [3.8, 4) is 23.0 Å². The first-order chi connectivity index (χ1) is 18.6. The predicted molar refractivity (Wildman–Crippen MR) is 134 cm³/mol. The fourth-order valence-corrected chi connectivity index (χ4v) is 5.59. The van der Waals surface area contributed by atoms with Gasteiger partial charge in [-0.3, -0.25) is 4.79 Å². The molecule has 10 heteroatoms. The Morgan fingerprint density at radius 3 is 2.44 bits per heavy atom. The van der Waals surface area contributed by atoms with Crippen LogP contribution in [0.2, 0.25) is 0 Å². The van der Waals surface area contributed by atoms with Gasteiger partial charge in [0.15, 0.2) is 11.5 Å². The van der Waals surface area contributed by atoms with Gasteiger partial charge in [0, 0.05) is 18.1 Å². The second kappa shape index (κ2) is 8.86. The van der Waals surface area contributed by atoms with Crippen LogP contribution in [0, 0.1) is 0 Å². The molecule has 39 heavy (non-hydrogen) atoms. The minimum Gasteiger partial charge on any atom is -0.497 e. The molecule has 1 amide bonds. The molecule has 0 bridgehead atoms. The minimum atomic E-state index is -3.74. The number of methoxy groups -OCH3 is 1. The largest absolute Gasteiger partial charge is 0.586 e. The number of ether oxygens (including phenoxy) is 4. The van der Waals surface area contributed by atoms with Gasteiger partial charge < -0.3 is 29.4 Å². The molecule has 0 aromatic heterocycles. The number of alkyl halides is 2. The molecular weight excluding hydrogens is 512 g/mol. The van der Waals surface area contributed by atoms with Crippen molar-refractivity contribution in [2.24, 2.45) is 0 Å². The second-order valence-electron chi connectivity index (χ2n) is 10.2. The summed E-state index contributed by atoms with van der Waals surface area (Å²) >= 11 is 0. The molecule has 3 aromatic carbocycles. The summed E-state index contributed by atoms with van der Waals surface area (Å²) in [5.41, 5.74) is 2.11. The number of carboxylic acid groups (broad SMARTS) is 1. The van der Waals surface area contributed by atoms with Crippen LogP contribution in [0.3, 0.4) is 0 Å². The van der Waals surface area contributed by atoms with Crippen molar-refractivity contribution in [2.75, 3.05) is 7.11 Å². The number of carbonyl (C=O) groups excluding carboxylic acids is 1. The molecule has 1 aliphatic carbocycles. The van der Waals surface area contributed by atoms with E-state index in [4.69, 9.17) is 9.47 Å². The number of aryl methyl sites for hydroxylation is 1. The zero-order chi connectivity index (χ0) is 27.5. The van der Waals surface area contributed by atoms with E-state index in [1.165, 1.54) is 24.3 Å². The molecule has 3 aliphatic rings. The molecule has 0 fully saturated rings. The Labute approximate surface area is 222 Å². The van der Waals surface area contributed by atoms with Gasteiger partial charge in [0.2, 0.25) is 5.91 Å². The molecule has 6 rings (SSSR count). The van der Waals surface area contributed by atoms with Gasteiger partial charge in [-0.25, -0.2) is 4.79 Å². The molecule has 0 unspecified atom stereocenters. The Morgan fingerprint density at radius 1 is 1.03 bits per heavy atom. The monoisotopic (exact) mass is 537 g/mol. The summed E-state index contributed by atoms with van der Waals surface area (Å²) < 4.78 is 48.1. The van der Waals surface area contributed by atoms with Crippen LogP contribution in [0.15, 0.2) is 54.6 Å². The van der Waals surface area contributed by atoms with Crippen LogP contribution in [0.1, 0.15) is 64.5 Å². The molecule has 8 nitrogen and oxygen atoms in total. The third-order valence-electron chi connectivity index (χ3n) is 7.77. The topological polar surface area (TPSA) is 103 Å². The van der Waals surface area contributed by atoms with Gasteiger partial charge in [-0.1, -0.05) is 12.1 Å². The highest BCUT2D eigenvalue weighted by molar-refractivity contribution is 5.90. The lowest BCUT2D eigenvalue weighted by Gasteiger charge is -2.35. The van der Waals surface area contributed by atoms with Gasteiger partial charge in [0.25, 0.3) is 0 Å². The minimum absolute atomic E-state index is 0.0347. The smallest absolute Gasteiger partial charge is 0.497 e. The Hall–Kier alpha value is -4.34. The highest BCUT2D eigenvalue weighted by atomic mass is 19.3. The predicted octanol–water partition coefficient (Wildman–Crippen LogP) is 5.30. The molecule has 2 aliphatic heterocycles. The van der Waals surface area contributed by atoms with Crippen LogP contribution in [0.25, 0.3) is 0 Å². The molecule has 2 N–H and O–H groups in total. The number of nitrogens with one attached hydrogen (secondary N) is 1. The maximum absolute atomic E-state index is 13.9. The SMILES string of the molecule is COc1ccc2c(c1)O[C@@H](c1ccc(C(=O)O)cc1)C[C@H]2NC(=O)[C@@]1(C)CCc2cc3c(cc21)OC(F)(F)O3. The van der Waals surface area contributed by atoms with E-state index in [0.717, 1.165) is 16.7 Å². The van der Waals surface area contributed by atoms with Crippen molar-refractivity contribution in [2.45, 2.75) is 50.0 Å². The molecule has 0 saturated carbocycles. The molecule has 0 radical (unpaired) electrons. The van der Waals surface area contributed by atoms with E-state index < -0.39 is 29.8 Å². The third kappa shape index (κ3) is 4.29. The lowest BCUT2D eigenvalue weighted by atomic mass is 9.82. The first kappa shape index (κ1) is 25.0. The summed E-state index contributed by atoms with van der Waals surface area (Å²) in [6, 6.07) is 14.4. The lowest BCUT2D eigenvalue weighted by Crippen LogP contribution is -2.44. The van der Waals surface area contributed by atoms with E-state index in [-0.39, 0.29) is 23.0 Å². The maximum Gasteiger partial charge on any atom is 0.586 e. The third-order valence-corrected chi connectivity index (χ3v) is 7.77. The Morgan fingerprint density at radius 2 is 1.74 bits per heavy atom. The molecule has 3 aromatic rings. The van der Waals surface area contributed by atoms with E-state index >= 15 is 0 Å². The molecule has 202 valence electrons. The van der Waals surface area contributed by atoms with Crippen LogP contribution >= 0.6 is 0 Å².